The number of sulfone groups is 1. The number of nitrogens with zero attached hydrogens (tertiary/aromatic N) is 3. The lowest BCUT2D eigenvalue weighted by Crippen LogP contribution is -2.56. The zero-order valence-electron chi connectivity index (χ0n) is 20.8. The van der Waals surface area contributed by atoms with Gasteiger partial charge in [0.05, 0.1) is 11.4 Å². The van der Waals surface area contributed by atoms with Gasteiger partial charge in [-0.25, -0.2) is 22.8 Å². The molecule has 1 aromatic carbocycles. The molecule has 0 N–H and O–H groups in total. The van der Waals surface area contributed by atoms with Crippen LogP contribution in [-0.2, 0) is 29.0 Å². The molecule has 0 aliphatic carbocycles. The van der Waals surface area contributed by atoms with Crippen molar-refractivity contribution in [2.75, 3.05) is 31.9 Å². The molecule has 1 atom stereocenters. The van der Waals surface area contributed by atoms with Crippen molar-refractivity contribution < 1.29 is 32.4 Å². The SMILES string of the molecule is CCCN(CCC)CCN1OC(=O)/C=C\C(=O)OC(CS(=O)(=O)c2ccccc2)N(C(C)C)C1=O. The predicted octanol–water partition coefficient (Wildman–Crippen LogP) is 2.61. The van der Waals surface area contributed by atoms with E-state index in [9.17, 15) is 22.8 Å². The molecule has 1 unspecified atom stereocenters. The molecule has 0 saturated heterocycles. The third kappa shape index (κ3) is 8.36. The average molecular weight is 510 g/mol. The first-order valence-electron chi connectivity index (χ1n) is 11.8. The van der Waals surface area contributed by atoms with E-state index in [4.69, 9.17) is 9.57 Å². The van der Waals surface area contributed by atoms with Gasteiger partial charge in [-0.15, -0.1) is 0 Å². The quantitative estimate of drug-likeness (QED) is 0.418. The topological polar surface area (TPSA) is 114 Å². The second kappa shape index (κ2) is 13.2. The number of cyclic esters (lactones) is 1. The summed E-state index contributed by atoms with van der Waals surface area (Å²) >= 11 is 0. The average Bonchev–Trinajstić information content (AvgIpc) is 2.80. The van der Waals surface area contributed by atoms with Gasteiger partial charge in [-0.05, 0) is 51.9 Å². The predicted molar refractivity (Wildman–Crippen MR) is 130 cm³/mol. The van der Waals surface area contributed by atoms with Crippen molar-refractivity contribution in [1.29, 1.82) is 0 Å². The second-order valence-electron chi connectivity index (χ2n) is 8.46. The molecule has 0 spiro atoms. The number of carbonyl (C=O) groups is 3. The minimum Gasteiger partial charge on any atom is -0.437 e. The van der Waals surface area contributed by atoms with Crippen molar-refractivity contribution in [2.24, 2.45) is 0 Å². The Morgan fingerprint density at radius 1 is 0.943 bits per heavy atom. The zero-order chi connectivity index (χ0) is 26.0. The number of benzene rings is 1. The van der Waals surface area contributed by atoms with Gasteiger partial charge in [0.25, 0.3) is 0 Å². The molecular weight excluding hydrogens is 474 g/mol. The van der Waals surface area contributed by atoms with E-state index in [0.29, 0.717) is 6.54 Å². The van der Waals surface area contributed by atoms with E-state index >= 15 is 0 Å². The van der Waals surface area contributed by atoms with Crippen LogP contribution in [0.3, 0.4) is 0 Å². The van der Waals surface area contributed by atoms with Gasteiger partial charge in [0.1, 0.15) is 5.75 Å². The van der Waals surface area contributed by atoms with E-state index in [1.807, 2.05) is 0 Å². The maximum absolute atomic E-state index is 13.6. The number of hydrogen-bond acceptors (Lipinski definition) is 8. The van der Waals surface area contributed by atoms with Crippen LogP contribution in [0, 0.1) is 0 Å². The van der Waals surface area contributed by atoms with Crippen LogP contribution in [-0.4, -0.2) is 85.5 Å². The molecule has 194 valence electrons. The summed E-state index contributed by atoms with van der Waals surface area (Å²) in [6, 6.07) is 6.38. The van der Waals surface area contributed by atoms with Gasteiger partial charge >= 0.3 is 18.0 Å². The van der Waals surface area contributed by atoms with Gasteiger partial charge in [-0.1, -0.05) is 32.0 Å². The van der Waals surface area contributed by atoms with E-state index < -0.39 is 45.8 Å². The number of esters is 1. The van der Waals surface area contributed by atoms with Gasteiger partial charge in [0.15, 0.2) is 16.1 Å². The van der Waals surface area contributed by atoms with Crippen LogP contribution in [0.5, 0.6) is 0 Å². The third-order valence-electron chi connectivity index (χ3n) is 5.27. The molecule has 1 aliphatic heterocycles. The summed E-state index contributed by atoms with van der Waals surface area (Å²) in [5.74, 6) is -2.52. The smallest absolute Gasteiger partial charge is 0.356 e. The molecule has 1 aliphatic rings. The Morgan fingerprint density at radius 3 is 2.11 bits per heavy atom. The first-order chi connectivity index (χ1) is 16.6. The van der Waals surface area contributed by atoms with Crippen LogP contribution in [0.2, 0.25) is 0 Å². The highest BCUT2D eigenvalue weighted by atomic mass is 32.2. The molecule has 35 heavy (non-hydrogen) atoms. The number of carbonyl (C=O) groups excluding carboxylic acids is 3. The number of hydroxylamine groups is 2. The highest BCUT2D eigenvalue weighted by Crippen LogP contribution is 2.20. The molecule has 1 heterocycles. The molecule has 0 fully saturated rings. The van der Waals surface area contributed by atoms with E-state index in [-0.39, 0.29) is 11.4 Å². The standard InChI is InChI=1S/C24H35N3O7S/c1-5-14-25(15-6-2)16-17-26-24(30)27(19(3)4)21(33-22(28)12-13-23(29)34-26)18-35(31,32)20-10-8-7-9-11-20/h7-13,19,21H,5-6,14-18H2,1-4H3/b13-12-. The summed E-state index contributed by atoms with van der Waals surface area (Å²) < 4.78 is 31.5. The summed E-state index contributed by atoms with van der Waals surface area (Å²) in [7, 11) is -3.92. The fraction of sp³-hybridized carbons (Fsp3) is 0.542. The molecule has 11 heteroatoms. The highest BCUT2D eigenvalue weighted by Gasteiger charge is 2.38. The lowest BCUT2D eigenvalue weighted by atomic mass is 10.3. The lowest BCUT2D eigenvalue weighted by Gasteiger charge is -2.37. The Kier molecular flexibility index (Phi) is 10.7. The first kappa shape index (κ1) is 28.3. The Hall–Kier alpha value is -2.92. The van der Waals surface area contributed by atoms with E-state index in [1.54, 1.807) is 32.0 Å². The fourth-order valence-corrected chi connectivity index (χ4v) is 5.09. The van der Waals surface area contributed by atoms with Gasteiger partial charge in [0, 0.05) is 24.7 Å². The van der Waals surface area contributed by atoms with Crippen LogP contribution < -0.4 is 0 Å². The summed E-state index contributed by atoms with van der Waals surface area (Å²) in [6.45, 7) is 9.56. The Balaban J connectivity index is 2.40. The second-order valence-corrected chi connectivity index (χ2v) is 10.5. The number of hydrogen-bond donors (Lipinski definition) is 0. The number of urea groups is 1. The first-order valence-corrected chi connectivity index (χ1v) is 13.4. The number of amides is 2. The molecule has 0 bridgehead atoms. The van der Waals surface area contributed by atoms with E-state index in [1.165, 1.54) is 12.1 Å². The number of rotatable bonds is 11. The molecule has 0 saturated carbocycles. The van der Waals surface area contributed by atoms with Gasteiger partial charge in [0.2, 0.25) is 0 Å². The molecule has 0 aromatic heterocycles. The Labute approximate surface area is 207 Å². The summed E-state index contributed by atoms with van der Waals surface area (Å²) in [5.41, 5.74) is 0. The molecule has 0 radical (unpaired) electrons. The summed E-state index contributed by atoms with van der Waals surface area (Å²) in [6.07, 6.45) is 2.11. The van der Waals surface area contributed by atoms with Crippen molar-refractivity contribution in [3.8, 4) is 0 Å². The van der Waals surface area contributed by atoms with E-state index in [0.717, 1.165) is 48.0 Å². The van der Waals surface area contributed by atoms with Crippen LogP contribution in [0.25, 0.3) is 0 Å². The van der Waals surface area contributed by atoms with Crippen LogP contribution in [0.4, 0.5) is 4.79 Å². The van der Waals surface area contributed by atoms with Gasteiger partial charge in [-0.2, -0.15) is 5.06 Å². The Bertz CT molecular complexity index is 990. The minimum absolute atomic E-state index is 0.0397. The summed E-state index contributed by atoms with van der Waals surface area (Å²) in [4.78, 5) is 46.7. The Morgan fingerprint density at radius 2 is 1.54 bits per heavy atom. The maximum Gasteiger partial charge on any atom is 0.356 e. The zero-order valence-corrected chi connectivity index (χ0v) is 21.6. The maximum atomic E-state index is 13.6. The largest absolute Gasteiger partial charge is 0.437 e. The highest BCUT2D eigenvalue weighted by molar-refractivity contribution is 7.91. The van der Waals surface area contributed by atoms with Crippen LogP contribution in [0.15, 0.2) is 47.4 Å². The van der Waals surface area contributed by atoms with Crippen molar-refractivity contribution in [2.45, 2.75) is 57.7 Å². The third-order valence-corrected chi connectivity index (χ3v) is 6.99. The molecule has 10 nitrogen and oxygen atoms in total. The monoisotopic (exact) mass is 509 g/mol. The van der Waals surface area contributed by atoms with Gasteiger partial charge in [-0.3, -0.25) is 4.90 Å². The van der Waals surface area contributed by atoms with Gasteiger partial charge < -0.3 is 14.5 Å². The number of ether oxygens (including phenoxy) is 1. The molecule has 2 rings (SSSR count). The molecular formula is C24H35N3O7S. The molecule has 2 amide bonds. The molecule has 1 aromatic rings. The van der Waals surface area contributed by atoms with Crippen molar-refractivity contribution in [1.82, 2.24) is 14.9 Å². The lowest BCUT2D eigenvalue weighted by molar-refractivity contribution is -0.179. The van der Waals surface area contributed by atoms with Crippen molar-refractivity contribution in [3.63, 3.8) is 0 Å². The van der Waals surface area contributed by atoms with Crippen LogP contribution >= 0.6 is 0 Å². The normalized spacial score (nSPS) is 18.6. The van der Waals surface area contributed by atoms with Crippen molar-refractivity contribution >= 4 is 27.8 Å². The van der Waals surface area contributed by atoms with E-state index in [2.05, 4.69) is 18.7 Å². The van der Waals surface area contributed by atoms with Crippen LogP contribution in [0.1, 0.15) is 40.5 Å². The fourth-order valence-electron chi connectivity index (χ4n) is 3.72. The summed E-state index contributed by atoms with van der Waals surface area (Å²) in [5, 5.41) is 0.909. The minimum atomic E-state index is -3.92. The van der Waals surface area contributed by atoms with Crippen molar-refractivity contribution in [3.05, 3.63) is 42.5 Å².